The van der Waals surface area contributed by atoms with Gasteiger partial charge in [0, 0.05) is 11.8 Å². The van der Waals surface area contributed by atoms with Crippen LogP contribution in [0.25, 0.3) is 0 Å². The topological polar surface area (TPSA) is 41.6 Å². The number of nitrogens with zero attached hydrogens (tertiary/aromatic N) is 3. The van der Waals surface area contributed by atoms with Gasteiger partial charge < -0.3 is 0 Å². The van der Waals surface area contributed by atoms with E-state index in [1.165, 1.54) is 0 Å². The van der Waals surface area contributed by atoms with Gasteiger partial charge in [-0.05, 0) is 34.6 Å². The second kappa shape index (κ2) is 3.13. The zero-order chi connectivity index (χ0) is 11.0. The van der Waals surface area contributed by atoms with E-state index in [-0.39, 0.29) is 5.54 Å². The molecule has 3 nitrogen and oxygen atoms in total. The van der Waals surface area contributed by atoms with Crippen LogP contribution in [0.3, 0.4) is 0 Å². The van der Waals surface area contributed by atoms with Gasteiger partial charge in [-0.15, -0.1) is 0 Å². The first-order valence-electron chi connectivity index (χ1n) is 4.74. The average molecular weight is 191 g/mol. The van der Waals surface area contributed by atoms with Gasteiger partial charge in [0.2, 0.25) is 0 Å². The number of nitriles is 1. The van der Waals surface area contributed by atoms with Gasteiger partial charge >= 0.3 is 0 Å². The molecule has 0 aliphatic rings. The molecule has 0 fully saturated rings. The summed E-state index contributed by atoms with van der Waals surface area (Å²) in [6, 6.07) is 2.27. The molecule has 0 saturated heterocycles. The quantitative estimate of drug-likeness (QED) is 0.684. The summed E-state index contributed by atoms with van der Waals surface area (Å²) in [5.74, 6) is 0. The third-order valence-corrected chi connectivity index (χ3v) is 2.27. The predicted octanol–water partition coefficient (Wildman–Crippen LogP) is 2.44. The highest BCUT2D eigenvalue weighted by molar-refractivity contribution is 5.25. The molecular formula is C11H17N3. The lowest BCUT2D eigenvalue weighted by atomic mass is 9.89. The van der Waals surface area contributed by atoms with Crippen LogP contribution >= 0.6 is 0 Å². The largest absolute Gasteiger partial charge is 0.267 e. The van der Waals surface area contributed by atoms with Crippen LogP contribution in [-0.2, 0) is 11.0 Å². The Morgan fingerprint density at radius 1 is 1.29 bits per heavy atom. The summed E-state index contributed by atoms with van der Waals surface area (Å²) in [4.78, 5) is 0. The molecule has 1 heterocycles. The maximum Gasteiger partial charge on any atom is 0.0796 e. The molecule has 3 heteroatoms. The Bertz CT molecular complexity index is 361. The van der Waals surface area contributed by atoms with Crippen LogP contribution in [0.15, 0.2) is 12.4 Å². The molecule has 1 aromatic rings. The van der Waals surface area contributed by atoms with E-state index in [2.05, 4.69) is 31.9 Å². The molecule has 0 saturated carbocycles. The first-order chi connectivity index (χ1) is 6.27. The molecule has 0 N–H and O–H groups in total. The molecule has 0 unspecified atom stereocenters. The van der Waals surface area contributed by atoms with E-state index in [4.69, 9.17) is 5.26 Å². The summed E-state index contributed by atoms with van der Waals surface area (Å²) in [7, 11) is 0. The van der Waals surface area contributed by atoms with Gasteiger partial charge in [-0.1, -0.05) is 0 Å². The summed E-state index contributed by atoms with van der Waals surface area (Å²) in [6.07, 6.45) is 3.72. The monoisotopic (exact) mass is 191 g/mol. The van der Waals surface area contributed by atoms with E-state index in [1.807, 2.05) is 24.7 Å². The number of aromatic nitrogens is 2. The van der Waals surface area contributed by atoms with Crippen LogP contribution in [-0.4, -0.2) is 9.78 Å². The molecule has 0 aliphatic heterocycles. The highest BCUT2D eigenvalue weighted by atomic mass is 15.3. The molecule has 1 aromatic heterocycles. The smallest absolute Gasteiger partial charge is 0.0796 e. The van der Waals surface area contributed by atoms with E-state index in [1.54, 1.807) is 6.20 Å². The average Bonchev–Trinajstić information content (AvgIpc) is 2.51. The second-order valence-corrected chi connectivity index (χ2v) is 5.08. The SMILES string of the molecule is CC(C)(C#N)c1cnn(C(C)(C)C)c1. The van der Waals surface area contributed by atoms with E-state index in [9.17, 15) is 0 Å². The van der Waals surface area contributed by atoms with Gasteiger partial charge in [0.05, 0.1) is 23.2 Å². The number of hydrogen-bond donors (Lipinski definition) is 0. The minimum absolute atomic E-state index is 0.0240. The van der Waals surface area contributed by atoms with E-state index < -0.39 is 5.41 Å². The lowest BCUT2D eigenvalue weighted by molar-refractivity contribution is 0.355. The van der Waals surface area contributed by atoms with Crippen LogP contribution in [0.2, 0.25) is 0 Å². The van der Waals surface area contributed by atoms with Crippen molar-refractivity contribution in [2.45, 2.75) is 45.6 Å². The molecule has 0 spiro atoms. The highest BCUT2D eigenvalue weighted by Gasteiger charge is 2.23. The van der Waals surface area contributed by atoms with Gasteiger partial charge in [0.15, 0.2) is 0 Å². The Balaban J connectivity index is 3.08. The molecule has 0 radical (unpaired) electrons. The molecule has 0 aromatic carbocycles. The summed E-state index contributed by atoms with van der Waals surface area (Å²) in [5.41, 5.74) is 0.489. The predicted molar refractivity (Wildman–Crippen MR) is 55.9 cm³/mol. The van der Waals surface area contributed by atoms with E-state index in [0.29, 0.717) is 0 Å². The number of hydrogen-bond acceptors (Lipinski definition) is 2. The fraction of sp³-hybridized carbons (Fsp3) is 0.636. The van der Waals surface area contributed by atoms with Crippen molar-refractivity contribution in [2.75, 3.05) is 0 Å². The lowest BCUT2D eigenvalue weighted by Crippen LogP contribution is -2.22. The second-order valence-electron chi connectivity index (χ2n) is 5.08. The summed E-state index contributed by atoms with van der Waals surface area (Å²) < 4.78 is 1.89. The summed E-state index contributed by atoms with van der Waals surface area (Å²) in [6.45, 7) is 10.1. The van der Waals surface area contributed by atoms with E-state index in [0.717, 1.165) is 5.56 Å². The zero-order valence-electron chi connectivity index (χ0n) is 9.50. The molecule has 0 atom stereocenters. The fourth-order valence-corrected chi connectivity index (χ4v) is 1.08. The summed E-state index contributed by atoms with van der Waals surface area (Å²) >= 11 is 0. The maximum absolute atomic E-state index is 8.97. The van der Waals surface area contributed by atoms with Crippen molar-refractivity contribution in [2.24, 2.45) is 0 Å². The summed E-state index contributed by atoms with van der Waals surface area (Å²) in [5, 5.41) is 13.2. The third kappa shape index (κ3) is 1.95. The fourth-order valence-electron chi connectivity index (χ4n) is 1.08. The van der Waals surface area contributed by atoms with Crippen molar-refractivity contribution >= 4 is 0 Å². The van der Waals surface area contributed by atoms with Gasteiger partial charge in [0.1, 0.15) is 0 Å². The molecule has 1 rings (SSSR count). The lowest BCUT2D eigenvalue weighted by Gasteiger charge is -2.19. The van der Waals surface area contributed by atoms with E-state index >= 15 is 0 Å². The van der Waals surface area contributed by atoms with Gasteiger partial charge in [0.25, 0.3) is 0 Å². The van der Waals surface area contributed by atoms with Crippen LogP contribution in [0.1, 0.15) is 40.2 Å². The molecule has 76 valence electrons. The Hall–Kier alpha value is -1.30. The first kappa shape index (κ1) is 10.8. The van der Waals surface area contributed by atoms with Crippen LogP contribution in [0.5, 0.6) is 0 Å². The maximum atomic E-state index is 8.97. The molecule has 14 heavy (non-hydrogen) atoms. The van der Waals surface area contributed by atoms with Crippen molar-refractivity contribution in [3.8, 4) is 6.07 Å². The van der Waals surface area contributed by atoms with Crippen molar-refractivity contribution in [3.63, 3.8) is 0 Å². The molecule has 0 aliphatic carbocycles. The van der Waals surface area contributed by atoms with Crippen LogP contribution in [0.4, 0.5) is 0 Å². The highest BCUT2D eigenvalue weighted by Crippen LogP contribution is 2.23. The van der Waals surface area contributed by atoms with Crippen LogP contribution < -0.4 is 0 Å². The molecular weight excluding hydrogens is 174 g/mol. The van der Waals surface area contributed by atoms with Crippen LogP contribution in [0, 0.1) is 11.3 Å². The Morgan fingerprint density at radius 3 is 2.21 bits per heavy atom. The minimum atomic E-state index is -0.455. The third-order valence-electron chi connectivity index (χ3n) is 2.27. The Kier molecular flexibility index (Phi) is 2.41. The zero-order valence-corrected chi connectivity index (χ0v) is 9.50. The first-order valence-corrected chi connectivity index (χ1v) is 4.74. The van der Waals surface area contributed by atoms with Gasteiger partial charge in [-0.25, -0.2) is 0 Å². The van der Waals surface area contributed by atoms with Gasteiger partial charge in [-0.2, -0.15) is 10.4 Å². The minimum Gasteiger partial charge on any atom is -0.267 e. The van der Waals surface area contributed by atoms with Crippen molar-refractivity contribution < 1.29 is 0 Å². The molecule has 0 bridgehead atoms. The van der Waals surface area contributed by atoms with Crippen molar-refractivity contribution in [1.82, 2.24) is 9.78 Å². The number of rotatable bonds is 1. The van der Waals surface area contributed by atoms with Gasteiger partial charge in [-0.3, -0.25) is 4.68 Å². The Morgan fingerprint density at radius 2 is 1.86 bits per heavy atom. The molecule has 0 amide bonds. The van der Waals surface area contributed by atoms with Crippen molar-refractivity contribution in [1.29, 1.82) is 5.26 Å². The van der Waals surface area contributed by atoms with Crippen molar-refractivity contribution in [3.05, 3.63) is 18.0 Å². The Labute approximate surface area is 85.4 Å². The normalized spacial score (nSPS) is 12.6. The standard InChI is InChI=1S/C11H17N3/c1-10(2,3)14-7-9(6-13-14)11(4,5)8-12/h6-7H,1-5H3.